The van der Waals surface area contributed by atoms with Gasteiger partial charge in [0.25, 0.3) is 0 Å². The van der Waals surface area contributed by atoms with Gasteiger partial charge in [0.15, 0.2) is 0 Å². The second kappa shape index (κ2) is 5.66. The van der Waals surface area contributed by atoms with Crippen molar-refractivity contribution >= 4 is 11.6 Å². The molecule has 0 amide bonds. The van der Waals surface area contributed by atoms with Crippen LogP contribution in [0.4, 0.5) is 0 Å². The van der Waals surface area contributed by atoms with E-state index >= 15 is 0 Å². The van der Waals surface area contributed by atoms with Gasteiger partial charge in [-0.2, -0.15) is 5.10 Å². The lowest BCUT2D eigenvalue weighted by molar-refractivity contribution is 0.0849. The molecule has 4 unspecified atom stereocenters. The Hall–Kier alpha value is -0.580. The highest BCUT2D eigenvalue weighted by Gasteiger charge is 2.45. The van der Waals surface area contributed by atoms with Crippen molar-refractivity contribution in [2.75, 3.05) is 6.54 Å². The lowest BCUT2D eigenvalue weighted by Gasteiger charge is -2.30. The number of aromatic nitrogens is 2. The number of hydrogen-bond acceptors (Lipinski definition) is 3. The van der Waals surface area contributed by atoms with Gasteiger partial charge >= 0.3 is 0 Å². The predicted octanol–water partition coefficient (Wildman–Crippen LogP) is 3.34. The lowest BCUT2D eigenvalue weighted by Crippen LogP contribution is -2.35. The molecule has 2 aliphatic heterocycles. The number of nitrogens with one attached hydrogen (secondary N) is 1. The van der Waals surface area contributed by atoms with Crippen LogP contribution in [-0.2, 0) is 4.74 Å². The molecule has 0 saturated carbocycles. The second-order valence-electron chi connectivity index (χ2n) is 6.22. The summed E-state index contributed by atoms with van der Waals surface area (Å²) in [5.74, 6) is 0.514. The van der Waals surface area contributed by atoms with Gasteiger partial charge in [-0.1, -0.05) is 18.5 Å². The molecule has 4 atom stereocenters. The Balaban J connectivity index is 1.92. The third kappa shape index (κ3) is 2.38. The van der Waals surface area contributed by atoms with Crippen molar-refractivity contribution < 1.29 is 4.74 Å². The molecule has 1 aromatic heterocycles. The summed E-state index contributed by atoms with van der Waals surface area (Å²) in [5, 5.41) is 8.85. The van der Waals surface area contributed by atoms with E-state index in [1.807, 2.05) is 0 Å². The maximum absolute atomic E-state index is 6.44. The molecule has 0 aromatic carbocycles. The fraction of sp³-hybridized carbons (Fsp3) is 0.800. The van der Waals surface area contributed by atoms with Gasteiger partial charge in [0.1, 0.15) is 0 Å². The number of ether oxygens (including phenoxy) is 1. The normalized spacial score (nSPS) is 30.4. The Labute approximate surface area is 125 Å². The molecule has 3 heterocycles. The molecule has 0 radical (unpaired) electrons. The van der Waals surface area contributed by atoms with Gasteiger partial charge in [-0.15, -0.1) is 0 Å². The first-order chi connectivity index (χ1) is 9.61. The van der Waals surface area contributed by atoms with Crippen LogP contribution in [0.1, 0.15) is 57.8 Å². The molecule has 2 fully saturated rings. The Morgan fingerprint density at radius 3 is 2.85 bits per heavy atom. The second-order valence-corrected chi connectivity index (χ2v) is 6.63. The van der Waals surface area contributed by atoms with Crippen LogP contribution < -0.4 is 5.32 Å². The molecular formula is C15H24ClN3O. The minimum absolute atomic E-state index is 0.243. The van der Waals surface area contributed by atoms with Crippen LogP contribution >= 0.6 is 11.6 Å². The quantitative estimate of drug-likeness (QED) is 0.906. The molecule has 0 spiro atoms. The predicted molar refractivity (Wildman–Crippen MR) is 80.0 cm³/mol. The first-order valence-corrected chi connectivity index (χ1v) is 8.11. The molecule has 20 heavy (non-hydrogen) atoms. The maximum atomic E-state index is 6.44. The van der Waals surface area contributed by atoms with E-state index < -0.39 is 0 Å². The van der Waals surface area contributed by atoms with Crippen molar-refractivity contribution in [1.82, 2.24) is 15.1 Å². The van der Waals surface area contributed by atoms with Gasteiger partial charge in [0.05, 0.1) is 35.2 Å². The van der Waals surface area contributed by atoms with Crippen molar-refractivity contribution in [3.8, 4) is 0 Å². The molecule has 0 aliphatic carbocycles. The summed E-state index contributed by atoms with van der Waals surface area (Å²) < 4.78 is 8.09. The van der Waals surface area contributed by atoms with Crippen LogP contribution in [-0.4, -0.2) is 28.5 Å². The average molecular weight is 298 g/mol. The third-order valence-electron chi connectivity index (χ3n) is 4.58. The number of nitrogens with zero attached hydrogens (tertiary/aromatic N) is 2. The van der Waals surface area contributed by atoms with E-state index in [4.69, 9.17) is 16.3 Å². The number of hydrogen-bond donors (Lipinski definition) is 1. The Morgan fingerprint density at radius 2 is 2.30 bits per heavy atom. The van der Waals surface area contributed by atoms with Crippen molar-refractivity contribution in [3.63, 3.8) is 0 Å². The Bertz CT molecular complexity index is 474. The maximum Gasteiger partial charge on any atom is 0.0834 e. The zero-order valence-electron chi connectivity index (χ0n) is 12.5. The van der Waals surface area contributed by atoms with E-state index in [1.165, 1.54) is 12.8 Å². The fourth-order valence-corrected chi connectivity index (χ4v) is 4.00. The SMILES string of the molecule is CCNC(c1c(Cl)cnn1C(C)C)C1CC2CCC1O2. The van der Waals surface area contributed by atoms with E-state index in [9.17, 15) is 0 Å². The van der Waals surface area contributed by atoms with Gasteiger partial charge in [0, 0.05) is 12.0 Å². The summed E-state index contributed by atoms with van der Waals surface area (Å²) in [6, 6.07) is 0.561. The van der Waals surface area contributed by atoms with Gasteiger partial charge in [-0.25, -0.2) is 0 Å². The monoisotopic (exact) mass is 297 g/mol. The lowest BCUT2D eigenvalue weighted by atomic mass is 9.82. The van der Waals surface area contributed by atoms with Crippen LogP contribution in [0.2, 0.25) is 5.02 Å². The minimum atomic E-state index is 0.243. The van der Waals surface area contributed by atoms with Crippen LogP contribution in [0.3, 0.4) is 0 Å². The molecule has 1 N–H and O–H groups in total. The van der Waals surface area contributed by atoms with Crippen molar-refractivity contribution in [2.45, 2.75) is 64.3 Å². The van der Waals surface area contributed by atoms with E-state index in [0.717, 1.165) is 23.7 Å². The summed E-state index contributed by atoms with van der Waals surface area (Å²) in [6.07, 6.45) is 6.16. The van der Waals surface area contributed by atoms with E-state index in [1.54, 1.807) is 6.20 Å². The molecule has 112 valence electrons. The fourth-order valence-electron chi connectivity index (χ4n) is 3.75. The Morgan fingerprint density at radius 1 is 1.50 bits per heavy atom. The summed E-state index contributed by atoms with van der Waals surface area (Å²) in [6.45, 7) is 7.36. The minimum Gasteiger partial charge on any atom is -0.375 e. The van der Waals surface area contributed by atoms with Crippen LogP contribution in [0.15, 0.2) is 6.20 Å². The van der Waals surface area contributed by atoms with E-state index in [-0.39, 0.29) is 6.04 Å². The highest BCUT2D eigenvalue weighted by molar-refractivity contribution is 6.31. The van der Waals surface area contributed by atoms with E-state index in [2.05, 4.69) is 35.9 Å². The van der Waals surface area contributed by atoms with Crippen molar-refractivity contribution in [1.29, 1.82) is 0 Å². The number of halogens is 1. The molecule has 3 rings (SSSR count). The van der Waals surface area contributed by atoms with Gasteiger partial charge in [0.2, 0.25) is 0 Å². The molecule has 2 saturated heterocycles. The molecule has 5 heteroatoms. The highest BCUT2D eigenvalue weighted by atomic mass is 35.5. The average Bonchev–Trinajstić information content (AvgIpc) is 3.10. The molecule has 4 nitrogen and oxygen atoms in total. The first-order valence-electron chi connectivity index (χ1n) is 7.73. The summed E-state index contributed by atoms with van der Waals surface area (Å²) in [7, 11) is 0. The Kier molecular flexibility index (Phi) is 4.07. The zero-order valence-corrected chi connectivity index (χ0v) is 13.2. The summed E-state index contributed by atoms with van der Waals surface area (Å²) in [4.78, 5) is 0. The number of fused-ring (bicyclic) bond motifs is 2. The summed E-state index contributed by atoms with van der Waals surface area (Å²) >= 11 is 6.44. The third-order valence-corrected chi connectivity index (χ3v) is 4.87. The highest BCUT2D eigenvalue weighted by Crippen LogP contribution is 2.46. The van der Waals surface area contributed by atoms with Crippen LogP contribution in [0.5, 0.6) is 0 Å². The molecular weight excluding hydrogens is 274 g/mol. The molecule has 2 aliphatic rings. The number of rotatable bonds is 5. The molecule has 1 aromatic rings. The zero-order chi connectivity index (χ0) is 14.3. The van der Waals surface area contributed by atoms with E-state index in [0.29, 0.717) is 24.2 Å². The van der Waals surface area contributed by atoms with Gasteiger partial charge < -0.3 is 10.1 Å². The van der Waals surface area contributed by atoms with Crippen LogP contribution in [0, 0.1) is 5.92 Å². The largest absolute Gasteiger partial charge is 0.375 e. The smallest absolute Gasteiger partial charge is 0.0834 e. The van der Waals surface area contributed by atoms with Crippen LogP contribution in [0.25, 0.3) is 0 Å². The summed E-state index contributed by atoms with van der Waals surface area (Å²) in [5.41, 5.74) is 1.13. The molecule has 2 bridgehead atoms. The van der Waals surface area contributed by atoms with Gasteiger partial charge in [-0.05, 0) is 39.7 Å². The van der Waals surface area contributed by atoms with Gasteiger partial charge in [-0.3, -0.25) is 4.68 Å². The van der Waals surface area contributed by atoms with Crippen molar-refractivity contribution in [2.24, 2.45) is 5.92 Å². The first kappa shape index (κ1) is 14.4. The topological polar surface area (TPSA) is 39.1 Å². The van der Waals surface area contributed by atoms with Crippen molar-refractivity contribution in [3.05, 3.63) is 16.9 Å². The standard InChI is InChI=1S/C15H24ClN3O/c1-4-17-14(11-7-10-5-6-13(11)20-10)15-12(16)8-18-19(15)9(2)3/h8-11,13-14,17H,4-7H2,1-3H3.